The number of nitrogens with zero attached hydrogens (tertiary/aromatic N) is 1. The fraction of sp³-hybridized carbons (Fsp3) is 0.300. The fourth-order valence-electron chi connectivity index (χ4n) is 2.85. The third-order valence-electron chi connectivity index (χ3n) is 4.11. The second-order valence-corrected chi connectivity index (χ2v) is 5.65. The molecule has 0 spiro atoms. The van der Waals surface area contributed by atoms with E-state index in [1.165, 1.54) is 0 Å². The molecule has 0 amide bonds. The van der Waals surface area contributed by atoms with E-state index in [2.05, 4.69) is 17.5 Å². The van der Waals surface area contributed by atoms with Gasteiger partial charge in [-0.05, 0) is 17.7 Å². The van der Waals surface area contributed by atoms with Crippen LogP contribution in [0.25, 0.3) is 5.76 Å². The molecule has 1 fully saturated rings. The van der Waals surface area contributed by atoms with Crippen molar-refractivity contribution in [2.75, 3.05) is 38.3 Å². The summed E-state index contributed by atoms with van der Waals surface area (Å²) in [5, 5.41) is 0. The fourth-order valence-corrected chi connectivity index (χ4v) is 2.85. The van der Waals surface area contributed by atoms with E-state index in [-0.39, 0.29) is 0 Å². The van der Waals surface area contributed by atoms with Crippen molar-refractivity contribution in [2.45, 2.75) is 6.61 Å². The van der Waals surface area contributed by atoms with E-state index in [4.69, 9.17) is 14.2 Å². The maximum Gasteiger partial charge on any atom is 0.131 e. The van der Waals surface area contributed by atoms with Crippen LogP contribution in [-0.4, -0.2) is 33.4 Å². The van der Waals surface area contributed by atoms with Crippen molar-refractivity contribution < 1.29 is 14.2 Å². The van der Waals surface area contributed by atoms with Crippen molar-refractivity contribution >= 4 is 11.4 Å². The van der Waals surface area contributed by atoms with E-state index in [1.54, 1.807) is 7.11 Å². The van der Waals surface area contributed by atoms with Gasteiger partial charge in [-0.1, -0.05) is 43.0 Å². The zero-order valence-electron chi connectivity index (χ0n) is 14.0. The summed E-state index contributed by atoms with van der Waals surface area (Å²) in [7, 11) is 1.67. The smallest absolute Gasteiger partial charge is 0.131 e. The zero-order valence-corrected chi connectivity index (χ0v) is 14.0. The molecule has 0 unspecified atom stereocenters. The molecule has 1 aliphatic heterocycles. The molecule has 4 heteroatoms. The summed E-state index contributed by atoms with van der Waals surface area (Å²) in [4.78, 5) is 2.29. The topological polar surface area (TPSA) is 30.9 Å². The predicted octanol–water partition coefficient (Wildman–Crippen LogP) is 3.72. The minimum Gasteiger partial charge on any atom is -0.496 e. The van der Waals surface area contributed by atoms with Crippen LogP contribution in [-0.2, 0) is 16.1 Å². The molecular formula is C20H23NO3. The average molecular weight is 325 g/mol. The summed E-state index contributed by atoms with van der Waals surface area (Å²) < 4.78 is 17.0. The maximum absolute atomic E-state index is 5.96. The Bertz CT molecular complexity index is 679. The SMILES string of the molecule is C=C(OCc1ccccc1)c1c(OC)cccc1N1CCOCC1. The van der Waals surface area contributed by atoms with Crippen LogP contribution < -0.4 is 9.64 Å². The highest BCUT2D eigenvalue weighted by molar-refractivity contribution is 5.77. The first-order valence-electron chi connectivity index (χ1n) is 8.15. The highest BCUT2D eigenvalue weighted by Crippen LogP contribution is 2.36. The van der Waals surface area contributed by atoms with Crippen LogP contribution in [0.3, 0.4) is 0 Å². The van der Waals surface area contributed by atoms with Gasteiger partial charge in [-0.25, -0.2) is 0 Å². The Kier molecular flexibility index (Phi) is 5.39. The monoisotopic (exact) mass is 325 g/mol. The van der Waals surface area contributed by atoms with Crippen molar-refractivity contribution in [3.63, 3.8) is 0 Å². The lowest BCUT2D eigenvalue weighted by molar-refractivity contribution is 0.122. The van der Waals surface area contributed by atoms with Crippen molar-refractivity contribution in [3.8, 4) is 5.75 Å². The lowest BCUT2D eigenvalue weighted by atomic mass is 10.1. The van der Waals surface area contributed by atoms with Gasteiger partial charge >= 0.3 is 0 Å². The lowest BCUT2D eigenvalue weighted by Crippen LogP contribution is -2.36. The van der Waals surface area contributed by atoms with Gasteiger partial charge in [0.1, 0.15) is 18.1 Å². The number of benzene rings is 2. The zero-order chi connectivity index (χ0) is 16.8. The summed E-state index contributed by atoms with van der Waals surface area (Å²) in [5.74, 6) is 1.40. The standard InChI is InChI=1S/C20H23NO3/c1-16(24-15-17-7-4-3-5-8-17)20-18(9-6-10-19(20)22-2)21-11-13-23-14-12-21/h3-10H,1,11-15H2,2H3. The second kappa shape index (κ2) is 7.88. The normalized spacial score (nSPS) is 14.3. The van der Waals surface area contributed by atoms with Crippen LogP contribution in [0.4, 0.5) is 5.69 Å². The first-order chi connectivity index (χ1) is 11.8. The Morgan fingerprint density at radius 1 is 1.08 bits per heavy atom. The number of rotatable bonds is 6. The van der Waals surface area contributed by atoms with E-state index in [0.717, 1.165) is 48.9 Å². The minimum absolute atomic E-state index is 0.486. The van der Waals surface area contributed by atoms with E-state index >= 15 is 0 Å². The van der Waals surface area contributed by atoms with Crippen LogP contribution in [0.2, 0.25) is 0 Å². The summed E-state index contributed by atoms with van der Waals surface area (Å²) in [6.45, 7) is 7.80. The molecule has 0 aromatic heterocycles. The van der Waals surface area contributed by atoms with E-state index in [9.17, 15) is 0 Å². The molecule has 0 saturated carbocycles. The maximum atomic E-state index is 5.96. The van der Waals surface area contributed by atoms with E-state index < -0.39 is 0 Å². The molecule has 2 aromatic rings. The number of hydrogen-bond donors (Lipinski definition) is 0. The Morgan fingerprint density at radius 3 is 2.54 bits per heavy atom. The second-order valence-electron chi connectivity index (χ2n) is 5.65. The largest absolute Gasteiger partial charge is 0.496 e. The first-order valence-corrected chi connectivity index (χ1v) is 8.15. The Hall–Kier alpha value is -2.46. The van der Waals surface area contributed by atoms with Gasteiger partial charge in [0.2, 0.25) is 0 Å². The molecule has 1 saturated heterocycles. The molecule has 2 aromatic carbocycles. The molecule has 0 aliphatic carbocycles. The number of morpholine rings is 1. The van der Waals surface area contributed by atoms with Crippen LogP contribution in [0.15, 0.2) is 55.1 Å². The summed E-state index contributed by atoms with van der Waals surface area (Å²) in [6.07, 6.45) is 0. The van der Waals surface area contributed by atoms with Gasteiger partial charge < -0.3 is 19.1 Å². The van der Waals surface area contributed by atoms with Crippen LogP contribution in [0.1, 0.15) is 11.1 Å². The molecule has 126 valence electrons. The first kappa shape index (κ1) is 16.4. The van der Waals surface area contributed by atoms with Crippen molar-refractivity contribution in [3.05, 3.63) is 66.2 Å². The average Bonchev–Trinajstić information content (AvgIpc) is 2.67. The highest BCUT2D eigenvalue weighted by Gasteiger charge is 2.20. The van der Waals surface area contributed by atoms with Gasteiger partial charge in [0.05, 0.1) is 31.6 Å². The molecule has 0 bridgehead atoms. The minimum atomic E-state index is 0.486. The number of anilines is 1. The van der Waals surface area contributed by atoms with Crippen LogP contribution >= 0.6 is 0 Å². The summed E-state index contributed by atoms with van der Waals surface area (Å²) in [5.41, 5.74) is 3.11. The number of hydrogen-bond acceptors (Lipinski definition) is 4. The molecule has 0 radical (unpaired) electrons. The van der Waals surface area contributed by atoms with Gasteiger partial charge in [-0.2, -0.15) is 0 Å². The molecule has 0 atom stereocenters. The van der Waals surface area contributed by atoms with Crippen LogP contribution in [0, 0.1) is 0 Å². The summed E-state index contributed by atoms with van der Waals surface area (Å²) in [6, 6.07) is 16.1. The van der Waals surface area contributed by atoms with Gasteiger partial charge in [0.15, 0.2) is 0 Å². The Labute approximate surface area is 143 Å². The van der Waals surface area contributed by atoms with Crippen molar-refractivity contribution in [1.29, 1.82) is 0 Å². The Balaban J connectivity index is 1.83. The Morgan fingerprint density at radius 2 is 1.83 bits per heavy atom. The van der Waals surface area contributed by atoms with Gasteiger partial charge in [0.25, 0.3) is 0 Å². The number of methoxy groups -OCH3 is 1. The molecule has 3 rings (SSSR count). The third kappa shape index (κ3) is 3.71. The van der Waals surface area contributed by atoms with Gasteiger partial charge in [0, 0.05) is 13.1 Å². The van der Waals surface area contributed by atoms with E-state index in [0.29, 0.717) is 12.4 Å². The van der Waals surface area contributed by atoms with Gasteiger partial charge in [-0.15, -0.1) is 0 Å². The molecule has 1 aliphatic rings. The quantitative estimate of drug-likeness (QED) is 0.758. The van der Waals surface area contributed by atoms with Crippen molar-refractivity contribution in [1.82, 2.24) is 0 Å². The third-order valence-corrected chi connectivity index (χ3v) is 4.11. The highest BCUT2D eigenvalue weighted by atomic mass is 16.5. The molecule has 4 nitrogen and oxygen atoms in total. The lowest BCUT2D eigenvalue weighted by Gasteiger charge is -2.31. The molecule has 1 heterocycles. The number of ether oxygens (including phenoxy) is 3. The predicted molar refractivity (Wildman–Crippen MR) is 96.3 cm³/mol. The van der Waals surface area contributed by atoms with Crippen molar-refractivity contribution in [2.24, 2.45) is 0 Å². The van der Waals surface area contributed by atoms with E-state index in [1.807, 2.05) is 42.5 Å². The molecule has 0 N–H and O–H groups in total. The molecular weight excluding hydrogens is 302 g/mol. The van der Waals surface area contributed by atoms with Crippen LogP contribution in [0.5, 0.6) is 5.75 Å². The van der Waals surface area contributed by atoms with Gasteiger partial charge in [-0.3, -0.25) is 0 Å². The molecule has 24 heavy (non-hydrogen) atoms. The summed E-state index contributed by atoms with van der Waals surface area (Å²) >= 11 is 0.